The molecule has 1 aliphatic carbocycles. The molecule has 0 aromatic heterocycles. The van der Waals surface area contributed by atoms with Gasteiger partial charge in [0.15, 0.2) is 12.6 Å². The van der Waals surface area contributed by atoms with E-state index in [4.69, 9.17) is 47.6 Å². The first kappa shape index (κ1) is 31.4. The number of hydrogen-bond acceptors (Lipinski definition) is 15. The summed E-state index contributed by atoms with van der Waals surface area (Å²) in [7, 11) is 0. The number of aliphatic hydroxyl groups excluding tert-OH is 5. The minimum atomic E-state index is -1.49. The van der Waals surface area contributed by atoms with E-state index in [9.17, 15) is 30.3 Å². The van der Waals surface area contributed by atoms with Crippen molar-refractivity contribution in [3.05, 3.63) is 0 Å². The summed E-state index contributed by atoms with van der Waals surface area (Å²) in [6.45, 7) is 1.65. The topological polar surface area (TPSA) is 297 Å². The van der Waals surface area contributed by atoms with E-state index in [0.29, 0.717) is 12.8 Å². The highest BCUT2D eigenvalue weighted by Gasteiger charge is 2.51. The molecule has 2 aliphatic heterocycles. The van der Waals surface area contributed by atoms with E-state index in [0.717, 1.165) is 0 Å². The van der Waals surface area contributed by atoms with Crippen molar-refractivity contribution in [3.63, 3.8) is 0 Å². The van der Waals surface area contributed by atoms with Crippen molar-refractivity contribution < 1.29 is 49.3 Å². The van der Waals surface area contributed by atoms with Crippen LogP contribution in [0.2, 0.25) is 0 Å². The third-order valence-electron chi connectivity index (χ3n) is 7.36. The molecule has 16 nitrogen and oxygen atoms in total. The largest absolute Gasteiger partial charge is 0.389 e. The fraction of sp³-hybridized carbons (Fsp3) is 0.955. The van der Waals surface area contributed by atoms with E-state index in [-0.39, 0.29) is 25.4 Å². The predicted molar refractivity (Wildman–Crippen MR) is 131 cm³/mol. The van der Waals surface area contributed by atoms with Gasteiger partial charge >= 0.3 is 0 Å². The summed E-state index contributed by atoms with van der Waals surface area (Å²) in [6.07, 6.45) is -12.9. The number of hydrogen-bond donors (Lipinski definition) is 11. The molecule has 0 aromatic carbocycles. The minimum absolute atomic E-state index is 0.0798. The van der Waals surface area contributed by atoms with Crippen molar-refractivity contribution in [2.75, 3.05) is 13.1 Å². The van der Waals surface area contributed by atoms with E-state index >= 15 is 0 Å². The molecule has 15 atom stereocenters. The van der Waals surface area contributed by atoms with Gasteiger partial charge in [-0.25, -0.2) is 0 Å². The highest BCUT2D eigenvalue weighted by Crippen LogP contribution is 2.31. The van der Waals surface area contributed by atoms with Crippen molar-refractivity contribution in [2.24, 2.45) is 28.7 Å². The van der Waals surface area contributed by atoms with Crippen molar-refractivity contribution in [2.45, 2.75) is 118 Å². The van der Waals surface area contributed by atoms with Crippen molar-refractivity contribution in [1.29, 1.82) is 0 Å². The lowest BCUT2D eigenvalue weighted by Gasteiger charge is -2.48. The molecule has 1 saturated carbocycles. The first-order chi connectivity index (χ1) is 17.9. The number of rotatable bonds is 9. The molecule has 3 rings (SSSR count). The lowest BCUT2D eigenvalue weighted by molar-refractivity contribution is -0.316. The molecule has 0 spiro atoms. The molecule has 3 fully saturated rings. The Labute approximate surface area is 220 Å². The van der Waals surface area contributed by atoms with Gasteiger partial charge < -0.3 is 78.5 Å². The van der Waals surface area contributed by atoms with E-state index in [2.05, 4.69) is 5.32 Å². The molecule has 1 amide bonds. The zero-order chi connectivity index (χ0) is 28.3. The van der Waals surface area contributed by atoms with Crippen LogP contribution in [0.15, 0.2) is 0 Å². The van der Waals surface area contributed by atoms with Gasteiger partial charge in [-0.3, -0.25) is 4.79 Å². The molecule has 222 valence electrons. The van der Waals surface area contributed by atoms with Crippen molar-refractivity contribution in [1.82, 2.24) is 5.32 Å². The van der Waals surface area contributed by atoms with Gasteiger partial charge in [0.25, 0.3) is 0 Å². The number of amides is 1. The average Bonchev–Trinajstić information content (AvgIpc) is 2.88. The standard InChI is InChI=1S/C22H44N6O10/c1-2-3-11(29)28-6-10-14(30)12(26)17(33)22(36-10)38-20-8(25)4-7(24)19(18(20)34)37-21-13(27)16(32)15(31)9(5-23)35-21/h7-10,12-22,30-34H,2-6,23-27H2,1H3,(H,28,29)/t7-,8+,9+,10+,12-,13+,14+,15+,16+,17+,18-,19+,20-,21+,22+/m0/s1. The van der Waals surface area contributed by atoms with Crippen LogP contribution < -0.4 is 34.0 Å². The highest BCUT2D eigenvalue weighted by atomic mass is 16.7. The van der Waals surface area contributed by atoms with Crippen LogP contribution in [-0.2, 0) is 23.7 Å². The minimum Gasteiger partial charge on any atom is -0.389 e. The number of ether oxygens (including phenoxy) is 4. The zero-order valence-corrected chi connectivity index (χ0v) is 21.4. The lowest BCUT2D eigenvalue weighted by Crippen LogP contribution is -2.69. The monoisotopic (exact) mass is 552 g/mol. The molecule has 3 aliphatic rings. The highest BCUT2D eigenvalue weighted by molar-refractivity contribution is 5.75. The lowest BCUT2D eigenvalue weighted by atomic mass is 9.84. The van der Waals surface area contributed by atoms with Gasteiger partial charge in [-0.2, -0.15) is 0 Å². The van der Waals surface area contributed by atoms with Crippen LogP contribution in [0.4, 0.5) is 0 Å². The Morgan fingerprint density at radius 2 is 1.39 bits per heavy atom. The van der Waals surface area contributed by atoms with Crippen LogP contribution >= 0.6 is 0 Å². The van der Waals surface area contributed by atoms with Gasteiger partial charge in [0, 0.05) is 31.6 Å². The SMILES string of the molecule is CCCC(=O)NC[C@H]1O[C@H](O[C@@H]2[C@@H](O)[C@H](O[C@H]3O[C@H](CN)[C@@H](O)[C@H](O)[C@H]3N)[C@@H](N)C[C@H]2N)[C@H](O)[C@@H](N)[C@@H]1O. The third kappa shape index (κ3) is 6.79. The smallest absolute Gasteiger partial charge is 0.220 e. The molecule has 38 heavy (non-hydrogen) atoms. The van der Waals surface area contributed by atoms with Crippen LogP contribution in [0.5, 0.6) is 0 Å². The molecule has 16 N–H and O–H groups in total. The van der Waals surface area contributed by atoms with E-state index in [1.807, 2.05) is 6.92 Å². The van der Waals surface area contributed by atoms with Crippen LogP contribution in [0.1, 0.15) is 26.2 Å². The molecule has 2 heterocycles. The summed E-state index contributed by atoms with van der Waals surface area (Å²) in [5.41, 5.74) is 30.0. The fourth-order valence-electron chi connectivity index (χ4n) is 4.99. The van der Waals surface area contributed by atoms with Gasteiger partial charge in [0.2, 0.25) is 5.91 Å². The van der Waals surface area contributed by atoms with Crippen LogP contribution in [0, 0.1) is 0 Å². The average molecular weight is 553 g/mol. The molecule has 0 radical (unpaired) electrons. The fourth-order valence-corrected chi connectivity index (χ4v) is 4.99. The summed E-state index contributed by atoms with van der Waals surface area (Å²) >= 11 is 0. The second kappa shape index (κ2) is 13.5. The molecule has 0 unspecified atom stereocenters. The second-order valence-electron chi connectivity index (χ2n) is 10.2. The molecule has 0 aromatic rings. The quantitative estimate of drug-likeness (QED) is 0.127. The van der Waals surface area contributed by atoms with E-state index < -0.39 is 91.7 Å². The Hall–Kier alpha value is -1.09. The summed E-state index contributed by atoms with van der Waals surface area (Å²) in [4.78, 5) is 11.9. The molecule has 0 bridgehead atoms. The number of nitrogens with one attached hydrogen (secondary N) is 1. The molecule has 2 saturated heterocycles. The normalized spacial score (nSPS) is 48.0. The third-order valence-corrected chi connectivity index (χ3v) is 7.36. The van der Waals surface area contributed by atoms with Crippen molar-refractivity contribution in [3.8, 4) is 0 Å². The van der Waals surface area contributed by atoms with Gasteiger partial charge in [0.05, 0.1) is 18.2 Å². The first-order valence-electron chi connectivity index (χ1n) is 12.9. The van der Waals surface area contributed by atoms with E-state index in [1.165, 1.54) is 0 Å². The van der Waals surface area contributed by atoms with Gasteiger partial charge in [-0.1, -0.05) is 6.92 Å². The van der Waals surface area contributed by atoms with Crippen LogP contribution in [0.25, 0.3) is 0 Å². The van der Waals surface area contributed by atoms with Crippen LogP contribution in [0.3, 0.4) is 0 Å². The van der Waals surface area contributed by atoms with Gasteiger partial charge in [-0.15, -0.1) is 0 Å². The Balaban J connectivity index is 1.70. The van der Waals surface area contributed by atoms with Crippen LogP contribution in [-0.4, -0.2) is 136 Å². The van der Waals surface area contributed by atoms with Gasteiger partial charge in [-0.05, 0) is 12.8 Å². The molecular formula is C22H44N6O10. The Morgan fingerprint density at radius 1 is 0.816 bits per heavy atom. The second-order valence-corrected chi connectivity index (χ2v) is 10.2. The number of carbonyl (C=O) groups is 1. The molecular weight excluding hydrogens is 508 g/mol. The summed E-state index contributed by atoms with van der Waals surface area (Å²) in [5.74, 6) is -0.239. The molecule has 16 heteroatoms. The maximum atomic E-state index is 11.9. The Bertz CT molecular complexity index is 770. The summed E-state index contributed by atoms with van der Waals surface area (Å²) < 4.78 is 23.1. The Morgan fingerprint density at radius 3 is 1.97 bits per heavy atom. The predicted octanol–water partition coefficient (Wildman–Crippen LogP) is -6.40. The maximum absolute atomic E-state index is 11.9. The Kier molecular flexibility index (Phi) is 11.2. The van der Waals surface area contributed by atoms with E-state index in [1.54, 1.807) is 0 Å². The number of nitrogens with two attached hydrogens (primary N) is 5. The number of aliphatic hydroxyl groups is 5. The maximum Gasteiger partial charge on any atom is 0.220 e. The van der Waals surface area contributed by atoms with Crippen molar-refractivity contribution >= 4 is 5.91 Å². The first-order valence-corrected chi connectivity index (χ1v) is 12.9. The summed E-state index contributed by atoms with van der Waals surface area (Å²) in [5, 5.41) is 55.2. The summed E-state index contributed by atoms with van der Waals surface area (Å²) in [6, 6.07) is -3.96. The number of carbonyl (C=O) groups excluding carboxylic acids is 1. The van der Waals surface area contributed by atoms with Gasteiger partial charge in [0.1, 0.15) is 48.8 Å². The zero-order valence-electron chi connectivity index (χ0n) is 21.4.